The molecule has 1 aliphatic heterocycles. The fourth-order valence-electron chi connectivity index (χ4n) is 2.15. The smallest absolute Gasteiger partial charge is 0.255 e. The summed E-state index contributed by atoms with van der Waals surface area (Å²) >= 11 is 0. The van der Waals surface area contributed by atoms with Gasteiger partial charge in [-0.25, -0.2) is 0 Å². The summed E-state index contributed by atoms with van der Waals surface area (Å²) in [6, 6.07) is 3.60. The highest BCUT2D eigenvalue weighted by Crippen LogP contribution is 2.13. The van der Waals surface area contributed by atoms with Gasteiger partial charge in [0.25, 0.3) is 5.91 Å². The lowest BCUT2D eigenvalue weighted by Gasteiger charge is -2.18. The second kappa shape index (κ2) is 5.77. The summed E-state index contributed by atoms with van der Waals surface area (Å²) in [7, 11) is 1.86. The van der Waals surface area contributed by atoms with Gasteiger partial charge in [0.15, 0.2) is 0 Å². The molecule has 1 fully saturated rings. The van der Waals surface area contributed by atoms with E-state index in [-0.39, 0.29) is 5.91 Å². The molecule has 1 atom stereocenters. The molecule has 1 unspecified atom stereocenters. The molecule has 0 aliphatic carbocycles. The number of hydrogen-bond acceptors (Lipinski definition) is 3. The molecule has 2 heterocycles. The molecule has 17 heavy (non-hydrogen) atoms. The normalized spacial score (nSPS) is 19.2. The molecule has 0 spiro atoms. The van der Waals surface area contributed by atoms with Gasteiger partial charge in [0.05, 0.1) is 5.56 Å². The molecule has 92 valence electrons. The fraction of sp³-hybridized carbons (Fsp3) is 0.538. The molecule has 1 aromatic rings. The van der Waals surface area contributed by atoms with Crippen molar-refractivity contribution in [3.05, 3.63) is 30.1 Å². The van der Waals surface area contributed by atoms with Crippen LogP contribution in [0.2, 0.25) is 0 Å². The fourth-order valence-corrected chi connectivity index (χ4v) is 2.15. The maximum atomic E-state index is 12.0. The van der Waals surface area contributed by atoms with Gasteiger partial charge >= 0.3 is 0 Å². The molecule has 0 bridgehead atoms. The summed E-state index contributed by atoms with van der Waals surface area (Å²) < 4.78 is 0. The van der Waals surface area contributed by atoms with Crippen LogP contribution < -0.4 is 5.32 Å². The predicted octanol–water partition coefficient (Wildman–Crippen LogP) is 1.15. The third-order valence-corrected chi connectivity index (χ3v) is 3.29. The standard InChI is InChI=1S/C13H19N3O/c1-16(8-5-11-4-7-15-9-11)13(17)12-3-2-6-14-10-12/h2-3,6,10-11,15H,4-5,7-9H2,1H3. The van der Waals surface area contributed by atoms with E-state index in [4.69, 9.17) is 0 Å². The van der Waals surface area contributed by atoms with E-state index in [0.29, 0.717) is 5.56 Å². The van der Waals surface area contributed by atoms with Crippen LogP contribution in [0.25, 0.3) is 0 Å². The summed E-state index contributed by atoms with van der Waals surface area (Å²) in [5, 5.41) is 3.34. The van der Waals surface area contributed by atoms with E-state index in [2.05, 4.69) is 10.3 Å². The van der Waals surface area contributed by atoms with Gasteiger partial charge < -0.3 is 10.2 Å². The molecule has 1 N–H and O–H groups in total. The average molecular weight is 233 g/mol. The van der Waals surface area contributed by atoms with Gasteiger partial charge in [-0.05, 0) is 44.0 Å². The number of carbonyl (C=O) groups excluding carboxylic acids is 1. The van der Waals surface area contributed by atoms with Crippen LogP contribution in [0.1, 0.15) is 23.2 Å². The Kier molecular flexibility index (Phi) is 4.09. The molecule has 0 radical (unpaired) electrons. The van der Waals surface area contributed by atoms with Crippen LogP contribution in [0.15, 0.2) is 24.5 Å². The Morgan fingerprint density at radius 2 is 2.53 bits per heavy atom. The molecular weight excluding hydrogens is 214 g/mol. The van der Waals surface area contributed by atoms with Crippen LogP contribution in [0.4, 0.5) is 0 Å². The Morgan fingerprint density at radius 3 is 3.18 bits per heavy atom. The van der Waals surface area contributed by atoms with Gasteiger partial charge in [-0.2, -0.15) is 0 Å². The van der Waals surface area contributed by atoms with Crippen LogP contribution in [-0.4, -0.2) is 42.5 Å². The van der Waals surface area contributed by atoms with Crippen molar-refractivity contribution in [3.63, 3.8) is 0 Å². The first-order valence-corrected chi connectivity index (χ1v) is 6.13. The van der Waals surface area contributed by atoms with Gasteiger partial charge in [-0.1, -0.05) is 0 Å². The minimum absolute atomic E-state index is 0.0593. The van der Waals surface area contributed by atoms with Crippen molar-refractivity contribution in [2.24, 2.45) is 5.92 Å². The minimum Gasteiger partial charge on any atom is -0.342 e. The van der Waals surface area contributed by atoms with Crippen LogP contribution in [0, 0.1) is 5.92 Å². The van der Waals surface area contributed by atoms with Gasteiger partial charge in [-0.15, -0.1) is 0 Å². The number of nitrogens with zero attached hydrogens (tertiary/aromatic N) is 2. The van der Waals surface area contributed by atoms with Crippen molar-refractivity contribution in [1.82, 2.24) is 15.2 Å². The van der Waals surface area contributed by atoms with Crippen molar-refractivity contribution in [2.45, 2.75) is 12.8 Å². The zero-order valence-corrected chi connectivity index (χ0v) is 10.2. The quantitative estimate of drug-likeness (QED) is 0.848. The second-order valence-corrected chi connectivity index (χ2v) is 4.62. The van der Waals surface area contributed by atoms with Crippen molar-refractivity contribution < 1.29 is 4.79 Å². The van der Waals surface area contributed by atoms with Crippen molar-refractivity contribution >= 4 is 5.91 Å². The van der Waals surface area contributed by atoms with Crippen molar-refractivity contribution in [1.29, 1.82) is 0 Å². The third kappa shape index (κ3) is 3.27. The van der Waals surface area contributed by atoms with Crippen molar-refractivity contribution in [3.8, 4) is 0 Å². The maximum absolute atomic E-state index is 12.0. The number of pyridine rings is 1. The first kappa shape index (κ1) is 12.0. The first-order chi connectivity index (χ1) is 8.27. The van der Waals surface area contributed by atoms with E-state index in [9.17, 15) is 4.79 Å². The molecule has 1 aliphatic rings. The van der Waals surface area contributed by atoms with E-state index in [0.717, 1.165) is 32.0 Å². The minimum atomic E-state index is 0.0593. The predicted molar refractivity (Wildman–Crippen MR) is 66.8 cm³/mol. The molecule has 1 aromatic heterocycles. The molecule has 4 nitrogen and oxygen atoms in total. The Morgan fingerprint density at radius 1 is 1.65 bits per heavy atom. The van der Waals surface area contributed by atoms with Crippen LogP contribution >= 0.6 is 0 Å². The van der Waals surface area contributed by atoms with Crippen molar-refractivity contribution in [2.75, 3.05) is 26.7 Å². The van der Waals surface area contributed by atoms with E-state index in [1.165, 1.54) is 6.42 Å². The summed E-state index contributed by atoms with van der Waals surface area (Å²) in [5.41, 5.74) is 0.666. The average Bonchev–Trinajstić information content (AvgIpc) is 2.89. The van der Waals surface area contributed by atoms with E-state index < -0.39 is 0 Å². The van der Waals surface area contributed by atoms with Crippen LogP contribution in [0.3, 0.4) is 0 Å². The molecule has 2 rings (SSSR count). The number of aromatic nitrogens is 1. The topological polar surface area (TPSA) is 45.2 Å². The molecule has 4 heteroatoms. The zero-order valence-electron chi connectivity index (χ0n) is 10.2. The lowest BCUT2D eigenvalue weighted by molar-refractivity contribution is 0.0787. The molecule has 0 saturated carbocycles. The lowest BCUT2D eigenvalue weighted by Crippen LogP contribution is -2.29. The first-order valence-electron chi connectivity index (χ1n) is 6.13. The monoisotopic (exact) mass is 233 g/mol. The summed E-state index contributed by atoms with van der Waals surface area (Å²) in [6.45, 7) is 3.03. The molecule has 1 saturated heterocycles. The Hall–Kier alpha value is -1.42. The number of nitrogens with one attached hydrogen (secondary N) is 1. The number of hydrogen-bond donors (Lipinski definition) is 1. The summed E-state index contributed by atoms with van der Waals surface area (Å²) in [5.74, 6) is 0.781. The lowest BCUT2D eigenvalue weighted by atomic mass is 10.0. The van der Waals surface area contributed by atoms with Gasteiger partial charge in [0.2, 0.25) is 0 Å². The highest BCUT2D eigenvalue weighted by Gasteiger charge is 2.17. The number of amides is 1. The largest absolute Gasteiger partial charge is 0.342 e. The van der Waals surface area contributed by atoms with E-state index in [1.807, 2.05) is 13.1 Å². The summed E-state index contributed by atoms with van der Waals surface area (Å²) in [6.07, 6.45) is 5.61. The molecular formula is C13H19N3O. The van der Waals surface area contributed by atoms with E-state index in [1.54, 1.807) is 23.4 Å². The second-order valence-electron chi connectivity index (χ2n) is 4.62. The highest BCUT2D eigenvalue weighted by molar-refractivity contribution is 5.93. The third-order valence-electron chi connectivity index (χ3n) is 3.29. The molecule has 1 amide bonds. The van der Waals surface area contributed by atoms with Gasteiger partial charge in [0.1, 0.15) is 0 Å². The molecule has 0 aromatic carbocycles. The Balaban J connectivity index is 1.83. The SMILES string of the molecule is CN(CCC1CCNC1)C(=O)c1cccnc1. The van der Waals surface area contributed by atoms with Gasteiger partial charge in [-0.3, -0.25) is 9.78 Å². The maximum Gasteiger partial charge on any atom is 0.255 e. The Labute approximate surface area is 102 Å². The van der Waals surface area contributed by atoms with E-state index >= 15 is 0 Å². The zero-order chi connectivity index (χ0) is 12.1. The highest BCUT2D eigenvalue weighted by atomic mass is 16.2. The summed E-state index contributed by atoms with van der Waals surface area (Å²) in [4.78, 5) is 17.8. The van der Waals surface area contributed by atoms with Gasteiger partial charge in [0, 0.05) is 26.0 Å². The van der Waals surface area contributed by atoms with Crippen LogP contribution in [0.5, 0.6) is 0 Å². The number of rotatable bonds is 4. The van der Waals surface area contributed by atoms with Crippen LogP contribution in [-0.2, 0) is 0 Å². The Bertz CT molecular complexity index is 360. The number of carbonyl (C=O) groups is 1.